The Kier molecular flexibility index (Phi) is 3.72. The number of para-hydroxylation sites is 1. The molecule has 1 N–H and O–H groups in total. The van der Waals surface area contributed by atoms with E-state index in [9.17, 15) is 10.1 Å². The zero-order chi connectivity index (χ0) is 13.0. The van der Waals surface area contributed by atoms with Crippen LogP contribution in [-0.2, 0) is 4.74 Å². The molecule has 18 heavy (non-hydrogen) atoms. The Bertz CT molecular complexity index is 492. The van der Waals surface area contributed by atoms with Crippen molar-refractivity contribution in [2.45, 2.75) is 0 Å². The van der Waals surface area contributed by atoms with Crippen molar-refractivity contribution in [2.75, 3.05) is 31.7 Å². The molecule has 0 unspecified atom stereocenters. The van der Waals surface area contributed by atoms with Gasteiger partial charge in [0.2, 0.25) is 0 Å². The molecule has 0 saturated carbocycles. The second-order valence-corrected chi connectivity index (χ2v) is 3.78. The lowest BCUT2D eigenvalue weighted by Gasteiger charge is -2.27. The van der Waals surface area contributed by atoms with E-state index in [1.165, 1.54) is 6.07 Å². The molecule has 1 aromatic rings. The highest BCUT2D eigenvalue weighted by molar-refractivity contribution is 5.68. The smallest absolute Gasteiger partial charge is 0.311 e. The number of anilines is 1. The average Bonchev–Trinajstić information content (AvgIpc) is 2.39. The summed E-state index contributed by atoms with van der Waals surface area (Å²) in [6.45, 7) is 2.46. The van der Waals surface area contributed by atoms with E-state index < -0.39 is 4.92 Å². The number of morpholine rings is 1. The summed E-state index contributed by atoms with van der Waals surface area (Å²) in [4.78, 5) is 10.5. The summed E-state index contributed by atoms with van der Waals surface area (Å²) in [5, 5.41) is 21.7. The Morgan fingerprint density at radius 1 is 1.44 bits per heavy atom. The zero-order valence-corrected chi connectivity index (χ0v) is 9.63. The van der Waals surface area contributed by atoms with Crippen molar-refractivity contribution in [3.63, 3.8) is 0 Å². The fourth-order valence-electron chi connectivity index (χ4n) is 1.77. The highest BCUT2D eigenvalue weighted by Crippen LogP contribution is 2.28. The van der Waals surface area contributed by atoms with Gasteiger partial charge in [-0.05, 0) is 12.1 Å². The molecule has 0 aromatic heterocycles. The quantitative estimate of drug-likeness (QED) is 0.636. The van der Waals surface area contributed by atoms with Gasteiger partial charge >= 0.3 is 5.69 Å². The van der Waals surface area contributed by atoms with Crippen LogP contribution in [0.3, 0.4) is 0 Å². The Labute approximate surface area is 104 Å². The third-order valence-corrected chi connectivity index (χ3v) is 2.63. The molecule has 1 aromatic carbocycles. The molecule has 94 valence electrons. The number of rotatable bonds is 3. The van der Waals surface area contributed by atoms with Crippen molar-refractivity contribution >= 4 is 11.4 Å². The Balaban J connectivity index is 2.26. The van der Waals surface area contributed by atoms with Crippen LogP contribution in [0.25, 0.3) is 0 Å². The minimum atomic E-state index is -0.540. The van der Waals surface area contributed by atoms with Gasteiger partial charge in [0.05, 0.1) is 18.1 Å². The van der Waals surface area contributed by atoms with Crippen LogP contribution in [0.15, 0.2) is 18.2 Å². The molecular formula is C11H12N4O3. The van der Waals surface area contributed by atoms with E-state index in [4.69, 9.17) is 10.00 Å². The summed E-state index contributed by atoms with van der Waals surface area (Å²) >= 11 is 0. The highest BCUT2D eigenvalue weighted by atomic mass is 16.6. The normalized spacial score (nSPS) is 15.9. The number of ether oxygens (including phenoxy) is 1. The SMILES string of the molecule is N#Cc1cccc(NN2CCOCC2)c1[N+](=O)[O-]. The lowest BCUT2D eigenvalue weighted by molar-refractivity contribution is -0.384. The maximum absolute atomic E-state index is 11.0. The van der Waals surface area contributed by atoms with E-state index in [-0.39, 0.29) is 11.3 Å². The topological polar surface area (TPSA) is 91.4 Å². The maximum atomic E-state index is 11.0. The number of hydrogen-bond donors (Lipinski definition) is 1. The van der Waals surface area contributed by atoms with E-state index in [0.717, 1.165) is 0 Å². The predicted octanol–water partition coefficient (Wildman–Crippen LogP) is 1.13. The number of benzene rings is 1. The average molecular weight is 248 g/mol. The fourth-order valence-corrected chi connectivity index (χ4v) is 1.77. The van der Waals surface area contributed by atoms with Gasteiger partial charge in [-0.25, -0.2) is 5.01 Å². The number of nitrogens with zero attached hydrogens (tertiary/aromatic N) is 3. The first-order valence-electron chi connectivity index (χ1n) is 5.49. The van der Waals surface area contributed by atoms with E-state index in [0.29, 0.717) is 32.0 Å². The van der Waals surface area contributed by atoms with Gasteiger partial charge in [-0.2, -0.15) is 5.26 Å². The van der Waals surface area contributed by atoms with Crippen LogP contribution in [-0.4, -0.2) is 36.2 Å². The summed E-state index contributed by atoms with van der Waals surface area (Å²) in [5.74, 6) is 0. The van der Waals surface area contributed by atoms with Crippen molar-refractivity contribution in [2.24, 2.45) is 0 Å². The standard InChI is InChI=1S/C11H12N4O3/c12-8-9-2-1-3-10(11(9)15(16)17)13-14-4-6-18-7-5-14/h1-3,13H,4-7H2. The first-order valence-corrected chi connectivity index (χ1v) is 5.49. The molecule has 7 heteroatoms. The lowest BCUT2D eigenvalue weighted by Crippen LogP contribution is -2.40. The highest BCUT2D eigenvalue weighted by Gasteiger charge is 2.21. The molecule has 1 aliphatic rings. The van der Waals surface area contributed by atoms with Crippen LogP contribution < -0.4 is 5.43 Å². The van der Waals surface area contributed by atoms with Crippen molar-refractivity contribution < 1.29 is 9.66 Å². The minimum absolute atomic E-state index is 0.0539. The van der Waals surface area contributed by atoms with Crippen LogP contribution in [0.4, 0.5) is 11.4 Å². The Hall–Kier alpha value is -2.17. The first-order chi connectivity index (χ1) is 8.72. The van der Waals surface area contributed by atoms with E-state index in [1.54, 1.807) is 12.1 Å². The van der Waals surface area contributed by atoms with Gasteiger partial charge in [0, 0.05) is 13.1 Å². The zero-order valence-electron chi connectivity index (χ0n) is 9.63. The third kappa shape index (κ3) is 2.56. The maximum Gasteiger partial charge on any atom is 0.311 e. The van der Waals surface area contributed by atoms with Crippen molar-refractivity contribution in [3.8, 4) is 6.07 Å². The number of nitriles is 1. The van der Waals surface area contributed by atoms with Crippen LogP contribution in [0.5, 0.6) is 0 Å². The Morgan fingerprint density at radius 3 is 2.78 bits per heavy atom. The summed E-state index contributed by atoms with van der Waals surface area (Å²) in [6, 6.07) is 6.47. The van der Waals surface area contributed by atoms with Crippen LogP contribution >= 0.6 is 0 Å². The van der Waals surface area contributed by atoms with Crippen molar-refractivity contribution in [1.29, 1.82) is 5.26 Å². The van der Waals surface area contributed by atoms with Crippen LogP contribution in [0.2, 0.25) is 0 Å². The number of hydrogen-bond acceptors (Lipinski definition) is 6. The van der Waals surface area contributed by atoms with Crippen molar-refractivity contribution in [1.82, 2.24) is 5.01 Å². The molecule has 1 fully saturated rings. The second kappa shape index (κ2) is 5.44. The summed E-state index contributed by atoms with van der Waals surface area (Å²) in [5.41, 5.74) is 3.17. The summed E-state index contributed by atoms with van der Waals surface area (Å²) in [6.07, 6.45) is 0. The van der Waals surface area contributed by atoms with Crippen LogP contribution in [0, 0.1) is 21.4 Å². The minimum Gasteiger partial charge on any atom is -0.379 e. The molecule has 0 bridgehead atoms. The lowest BCUT2D eigenvalue weighted by atomic mass is 10.1. The number of nitro groups is 1. The number of hydrazine groups is 1. The fraction of sp³-hybridized carbons (Fsp3) is 0.364. The van der Waals surface area contributed by atoms with Gasteiger partial charge in [0.15, 0.2) is 0 Å². The Morgan fingerprint density at radius 2 is 2.17 bits per heavy atom. The van der Waals surface area contributed by atoms with Gasteiger partial charge in [0.1, 0.15) is 17.3 Å². The van der Waals surface area contributed by atoms with Gasteiger partial charge in [0.25, 0.3) is 0 Å². The second-order valence-electron chi connectivity index (χ2n) is 3.78. The molecule has 0 amide bonds. The van der Waals surface area contributed by atoms with Gasteiger partial charge in [-0.1, -0.05) is 6.07 Å². The third-order valence-electron chi connectivity index (χ3n) is 2.63. The van der Waals surface area contributed by atoms with Gasteiger partial charge < -0.3 is 10.2 Å². The first kappa shape index (κ1) is 12.3. The van der Waals surface area contributed by atoms with Crippen LogP contribution in [0.1, 0.15) is 5.56 Å². The summed E-state index contributed by atoms with van der Waals surface area (Å²) in [7, 11) is 0. The summed E-state index contributed by atoms with van der Waals surface area (Å²) < 4.78 is 5.19. The molecule has 0 radical (unpaired) electrons. The van der Waals surface area contributed by atoms with Gasteiger partial charge in [-0.3, -0.25) is 10.1 Å². The van der Waals surface area contributed by atoms with E-state index >= 15 is 0 Å². The number of nitro benzene ring substituents is 1. The van der Waals surface area contributed by atoms with E-state index in [2.05, 4.69) is 5.43 Å². The molecule has 0 aliphatic carbocycles. The molecule has 1 aliphatic heterocycles. The predicted molar refractivity (Wildman–Crippen MR) is 63.8 cm³/mol. The molecule has 0 atom stereocenters. The molecule has 2 rings (SSSR count). The largest absolute Gasteiger partial charge is 0.379 e. The molecule has 0 spiro atoms. The number of nitrogens with one attached hydrogen (secondary N) is 1. The molecule has 1 saturated heterocycles. The molecular weight excluding hydrogens is 236 g/mol. The van der Waals surface area contributed by atoms with Crippen molar-refractivity contribution in [3.05, 3.63) is 33.9 Å². The monoisotopic (exact) mass is 248 g/mol. The molecule has 1 heterocycles. The van der Waals surface area contributed by atoms with E-state index in [1.807, 2.05) is 11.1 Å². The van der Waals surface area contributed by atoms with Gasteiger partial charge in [-0.15, -0.1) is 0 Å². The molecule has 7 nitrogen and oxygen atoms in total.